The Bertz CT molecular complexity index is 559. The lowest BCUT2D eigenvalue weighted by molar-refractivity contribution is 0.113. The number of aliphatic hydroxyl groups excluding tert-OH is 1. The third-order valence-corrected chi connectivity index (χ3v) is 2.26. The fraction of sp³-hybridized carbons (Fsp3) is 0.167. The van der Waals surface area contributed by atoms with Gasteiger partial charge in [-0.25, -0.2) is 4.39 Å². The number of hydrogen-bond acceptors (Lipinski definition) is 4. The van der Waals surface area contributed by atoms with E-state index in [9.17, 15) is 9.50 Å². The van der Waals surface area contributed by atoms with Crippen molar-refractivity contribution < 1.29 is 14.2 Å². The summed E-state index contributed by atoms with van der Waals surface area (Å²) in [4.78, 5) is 3.84. The van der Waals surface area contributed by atoms with E-state index in [1.54, 1.807) is 0 Å². The molecule has 2 N–H and O–H groups in total. The second-order valence-corrected chi connectivity index (χ2v) is 3.44. The zero-order valence-corrected chi connectivity index (χ0v) is 9.30. The summed E-state index contributed by atoms with van der Waals surface area (Å²) < 4.78 is 18.2. The molecule has 2 rings (SSSR count). The van der Waals surface area contributed by atoms with Crippen molar-refractivity contribution in [2.45, 2.75) is 6.10 Å². The first-order chi connectivity index (χ1) is 8.74. The van der Waals surface area contributed by atoms with Crippen molar-refractivity contribution in [2.24, 2.45) is 0 Å². The fourth-order valence-electron chi connectivity index (χ4n) is 1.39. The molecule has 2 heterocycles. The number of aromatic amines is 1. The van der Waals surface area contributed by atoms with Gasteiger partial charge < -0.3 is 9.84 Å². The molecule has 0 saturated carbocycles. The van der Waals surface area contributed by atoms with Crippen LogP contribution >= 0.6 is 0 Å². The number of terminal acetylenes is 1. The summed E-state index contributed by atoms with van der Waals surface area (Å²) in [7, 11) is 0. The number of nitrogens with zero attached hydrogens (tertiary/aromatic N) is 2. The highest BCUT2D eigenvalue weighted by atomic mass is 19.1. The Hall–Kier alpha value is -2.39. The lowest BCUT2D eigenvalue weighted by atomic mass is 10.2. The van der Waals surface area contributed by atoms with Gasteiger partial charge in [0.05, 0.1) is 24.7 Å². The summed E-state index contributed by atoms with van der Waals surface area (Å²) in [6.45, 7) is -0.312. The average Bonchev–Trinajstić information content (AvgIpc) is 2.84. The number of pyridine rings is 1. The molecular formula is C12H10FN3O2. The zero-order valence-electron chi connectivity index (χ0n) is 9.30. The molecule has 0 amide bonds. The topological polar surface area (TPSA) is 71.0 Å². The first-order valence-electron chi connectivity index (χ1n) is 5.13. The SMILES string of the molecule is C#Cc1[nH]ncc1OC(CO)c1ccc(F)cn1. The van der Waals surface area contributed by atoms with E-state index < -0.39 is 11.9 Å². The van der Waals surface area contributed by atoms with Crippen molar-refractivity contribution >= 4 is 0 Å². The minimum atomic E-state index is -0.727. The molecule has 0 aliphatic rings. The molecule has 1 unspecified atom stereocenters. The summed E-state index contributed by atoms with van der Waals surface area (Å²) in [5, 5.41) is 15.6. The average molecular weight is 247 g/mol. The van der Waals surface area contributed by atoms with Gasteiger partial charge in [-0.1, -0.05) is 0 Å². The minimum absolute atomic E-state index is 0.312. The highest BCUT2D eigenvalue weighted by Gasteiger charge is 2.16. The second kappa shape index (κ2) is 5.29. The van der Waals surface area contributed by atoms with Gasteiger partial charge >= 0.3 is 0 Å². The summed E-state index contributed by atoms with van der Waals surface area (Å²) in [6.07, 6.45) is 6.97. The number of H-pyrrole nitrogens is 1. The van der Waals surface area contributed by atoms with Crippen LogP contribution < -0.4 is 4.74 Å². The van der Waals surface area contributed by atoms with Crippen LogP contribution in [-0.2, 0) is 0 Å². The van der Waals surface area contributed by atoms with Gasteiger partial charge in [0.1, 0.15) is 11.5 Å². The molecule has 0 aliphatic heterocycles. The second-order valence-electron chi connectivity index (χ2n) is 3.44. The number of nitrogens with one attached hydrogen (secondary N) is 1. The predicted octanol–water partition coefficient (Wildman–Crippen LogP) is 1.04. The van der Waals surface area contributed by atoms with E-state index in [-0.39, 0.29) is 6.61 Å². The molecule has 0 spiro atoms. The number of hydrogen-bond donors (Lipinski definition) is 2. The lowest BCUT2D eigenvalue weighted by Gasteiger charge is -2.15. The number of aliphatic hydroxyl groups is 1. The van der Waals surface area contributed by atoms with E-state index in [4.69, 9.17) is 11.2 Å². The zero-order chi connectivity index (χ0) is 13.0. The number of ether oxygens (including phenoxy) is 1. The normalized spacial score (nSPS) is 11.8. The highest BCUT2D eigenvalue weighted by Crippen LogP contribution is 2.22. The molecule has 2 aromatic heterocycles. The highest BCUT2D eigenvalue weighted by molar-refractivity contribution is 5.37. The van der Waals surface area contributed by atoms with Gasteiger partial charge in [-0.15, -0.1) is 6.42 Å². The van der Waals surface area contributed by atoms with Gasteiger partial charge in [-0.2, -0.15) is 5.10 Å². The molecular weight excluding hydrogens is 237 g/mol. The van der Waals surface area contributed by atoms with Crippen LogP contribution in [0.2, 0.25) is 0 Å². The van der Waals surface area contributed by atoms with Crippen LogP contribution in [0.1, 0.15) is 17.5 Å². The molecule has 0 radical (unpaired) electrons. The maximum Gasteiger partial charge on any atom is 0.174 e. The Morgan fingerprint density at radius 1 is 1.50 bits per heavy atom. The van der Waals surface area contributed by atoms with Gasteiger partial charge in [0.25, 0.3) is 0 Å². The van der Waals surface area contributed by atoms with Crippen LogP contribution in [0.25, 0.3) is 0 Å². The predicted molar refractivity (Wildman–Crippen MR) is 61.2 cm³/mol. The summed E-state index contributed by atoms with van der Waals surface area (Å²) in [5.41, 5.74) is 0.777. The maximum absolute atomic E-state index is 12.7. The Kier molecular flexibility index (Phi) is 3.55. The quantitative estimate of drug-likeness (QED) is 0.792. The molecule has 5 nitrogen and oxygen atoms in total. The maximum atomic E-state index is 12.7. The van der Waals surface area contributed by atoms with Gasteiger partial charge in [0, 0.05) is 0 Å². The first-order valence-corrected chi connectivity index (χ1v) is 5.13. The molecule has 0 aromatic carbocycles. The molecule has 0 aliphatic carbocycles. The standard InChI is InChI=1S/C12H10FN3O2/c1-2-9-11(6-15-16-9)18-12(7-17)10-4-3-8(13)5-14-10/h1,3-6,12,17H,7H2,(H,15,16). The molecule has 1 atom stereocenters. The fourth-order valence-corrected chi connectivity index (χ4v) is 1.39. The Morgan fingerprint density at radius 2 is 2.33 bits per heavy atom. The van der Waals surface area contributed by atoms with Crippen molar-refractivity contribution in [1.82, 2.24) is 15.2 Å². The van der Waals surface area contributed by atoms with Crippen LogP contribution in [0, 0.1) is 18.2 Å². The number of aromatic nitrogens is 3. The van der Waals surface area contributed by atoms with Crippen molar-refractivity contribution in [3.63, 3.8) is 0 Å². The molecule has 2 aromatic rings. The first kappa shape index (κ1) is 12.1. The van der Waals surface area contributed by atoms with Gasteiger partial charge in [-0.05, 0) is 18.1 Å². The minimum Gasteiger partial charge on any atom is -0.477 e. The smallest absolute Gasteiger partial charge is 0.174 e. The van der Waals surface area contributed by atoms with Crippen molar-refractivity contribution in [3.8, 4) is 18.1 Å². The monoisotopic (exact) mass is 247 g/mol. The largest absolute Gasteiger partial charge is 0.477 e. The van der Waals surface area contributed by atoms with Crippen molar-refractivity contribution in [3.05, 3.63) is 41.7 Å². The van der Waals surface area contributed by atoms with E-state index in [0.717, 1.165) is 6.20 Å². The van der Waals surface area contributed by atoms with Crippen LogP contribution in [0.5, 0.6) is 5.75 Å². The van der Waals surface area contributed by atoms with E-state index in [1.807, 2.05) is 0 Å². The summed E-state index contributed by atoms with van der Waals surface area (Å²) in [5.74, 6) is 2.24. The van der Waals surface area contributed by atoms with Gasteiger partial charge in [-0.3, -0.25) is 10.1 Å². The lowest BCUT2D eigenvalue weighted by Crippen LogP contribution is -2.14. The third kappa shape index (κ3) is 2.47. The van der Waals surface area contributed by atoms with Gasteiger partial charge in [0.2, 0.25) is 0 Å². The molecule has 0 fully saturated rings. The van der Waals surface area contributed by atoms with E-state index >= 15 is 0 Å². The van der Waals surface area contributed by atoms with Crippen LogP contribution in [0.4, 0.5) is 4.39 Å². The van der Waals surface area contributed by atoms with Gasteiger partial charge in [0.15, 0.2) is 11.9 Å². The number of halogens is 1. The van der Waals surface area contributed by atoms with E-state index in [0.29, 0.717) is 17.1 Å². The molecule has 0 saturated heterocycles. The Labute approximate surface area is 103 Å². The number of rotatable bonds is 4. The third-order valence-electron chi connectivity index (χ3n) is 2.26. The van der Waals surface area contributed by atoms with Crippen molar-refractivity contribution in [1.29, 1.82) is 0 Å². The Morgan fingerprint density at radius 3 is 2.94 bits per heavy atom. The van der Waals surface area contributed by atoms with Crippen LogP contribution in [0.3, 0.4) is 0 Å². The van der Waals surface area contributed by atoms with Crippen LogP contribution in [0.15, 0.2) is 24.5 Å². The van der Waals surface area contributed by atoms with Crippen molar-refractivity contribution in [2.75, 3.05) is 6.61 Å². The van der Waals surface area contributed by atoms with E-state index in [1.165, 1.54) is 18.3 Å². The molecule has 6 heteroatoms. The summed E-state index contributed by atoms with van der Waals surface area (Å²) in [6, 6.07) is 2.68. The molecule has 18 heavy (non-hydrogen) atoms. The molecule has 0 bridgehead atoms. The Balaban J connectivity index is 2.20. The summed E-state index contributed by atoms with van der Waals surface area (Å²) >= 11 is 0. The van der Waals surface area contributed by atoms with E-state index in [2.05, 4.69) is 21.1 Å². The molecule has 92 valence electrons. The van der Waals surface area contributed by atoms with Crippen LogP contribution in [-0.4, -0.2) is 26.9 Å².